The summed E-state index contributed by atoms with van der Waals surface area (Å²) in [4.78, 5) is 12.0. The number of nitrogens with zero attached hydrogens (tertiary/aromatic N) is 2. The van der Waals surface area contributed by atoms with Crippen LogP contribution in [0, 0.1) is 6.92 Å². The van der Waals surface area contributed by atoms with Crippen LogP contribution >= 0.6 is 0 Å². The number of allylic oxidation sites excluding steroid dienone is 6. The molecule has 3 aromatic rings. The van der Waals surface area contributed by atoms with Gasteiger partial charge in [0.25, 0.3) is 0 Å². The molecule has 1 heterocycles. The van der Waals surface area contributed by atoms with Crippen molar-refractivity contribution in [1.82, 2.24) is 9.78 Å². The monoisotopic (exact) mass is 424 g/mol. The predicted octanol–water partition coefficient (Wildman–Crippen LogP) is 6.00. The van der Waals surface area contributed by atoms with Crippen LogP contribution in [0.1, 0.15) is 41.8 Å². The highest BCUT2D eigenvalue weighted by molar-refractivity contribution is 5.75. The number of methoxy groups -OCH3 is 1. The Morgan fingerprint density at radius 3 is 2.59 bits per heavy atom. The molecule has 4 rings (SSSR count). The van der Waals surface area contributed by atoms with Crippen LogP contribution in [0.15, 0.2) is 84.5 Å². The first kappa shape index (κ1) is 21.6. The molecule has 4 nitrogen and oxygen atoms in total. The van der Waals surface area contributed by atoms with Gasteiger partial charge in [0.15, 0.2) is 0 Å². The third-order valence-corrected chi connectivity index (χ3v) is 5.74. The van der Waals surface area contributed by atoms with Gasteiger partial charge in [0.1, 0.15) is 12.0 Å². The van der Waals surface area contributed by atoms with Gasteiger partial charge in [-0.1, -0.05) is 59.7 Å². The molecule has 1 atom stereocenters. The van der Waals surface area contributed by atoms with Gasteiger partial charge in [-0.3, -0.25) is 0 Å². The molecule has 0 amide bonds. The zero-order valence-electron chi connectivity index (χ0n) is 18.8. The Labute approximate surface area is 189 Å². The van der Waals surface area contributed by atoms with Crippen molar-refractivity contribution < 1.29 is 9.53 Å². The van der Waals surface area contributed by atoms with Gasteiger partial charge in [-0.25, -0.2) is 4.68 Å². The molecule has 0 bridgehead atoms. The largest absolute Gasteiger partial charge is 0.497 e. The van der Waals surface area contributed by atoms with E-state index in [-0.39, 0.29) is 5.92 Å². The Hall–Kier alpha value is -3.66. The van der Waals surface area contributed by atoms with Crippen molar-refractivity contribution in [3.63, 3.8) is 0 Å². The Balaban J connectivity index is 1.73. The molecule has 1 unspecified atom stereocenters. The lowest BCUT2D eigenvalue weighted by Crippen LogP contribution is -2.06. The molecule has 0 radical (unpaired) electrons. The predicted molar refractivity (Wildman–Crippen MR) is 129 cm³/mol. The molecular weight excluding hydrogens is 396 g/mol. The van der Waals surface area contributed by atoms with Gasteiger partial charge in [-0.15, -0.1) is 0 Å². The summed E-state index contributed by atoms with van der Waals surface area (Å²) in [5.74, 6) is 0.570. The van der Waals surface area contributed by atoms with E-state index in [0.29, 0.717) is 6.42 Å². The first-order chi connectivity index (χ1) is 15.6. The van der Waals surface area contributed by atoms with Crippen molar-refractivity contribution in [3.05, 3.63) is 107 Å². The molecule has 0 N–H and O–H groups in total. The summed E-state index contributed by atoms with van der Waals surface area (Å²) in [6.07, 6.45) is 11.1. The van der Waals surface area contributed by atoms with Crippen LogP contribution in [0.25, 0.3) is 11.3 Å². The average Bonchev–Trinajstić information content (AvgIpc) is 3.11. The van der Waals surface area contributed by atoms with E-state index >= 15 is 0 Å². The highest BCUT2D eigenvalue weighted by Crippen LogP contribution is 2.28. The lowest BCUT2D eigenvalue weighted by molar-refractivity contribution is -0.109. The van der Waals surface area contributed by atoms with Crippen LogP contribution in [0.2, 0.25) is 0 Å². The molecule has 32 heavy (non-hydrogen) atoms. The van der Waals surface area contributed by atoms with Crippen LogP contribution in [0.4, 0.5) is 0 Å². The number of carbonyl (C=O) groups is 1. The van der Waals surface area contributed by atoms with Crippen molar-refractivity contribution in [3.8, 4) is 11.4 Å². The van der Waals surface area contributed by atoms with Crippen molar-refractivity contribution in [2.45, 2.75) is 32.6 Å². The van der Waals surface area contributed by atoms with E-state index in [2.05, 4.69) is 43.4 Å². The van der Waals surface area contributed by atoms with E-state index in [1.165, 1.54) is 5.57 Å². The van der Waals surface area contributed by atoms with Gasteiger partial charge < -0.3 is 9.53 Å². The van der Waals surface area contributed by atoms with E-state index in [1.807, 2.05) is 54.1 Å². The van der Waals surface area contributed by atoms with Gasteiger partial charge in [0, 0.05) is 12.3 Å². The fraction of sp³-hybridized carbons (Fsp3) is 0.214. The molecular formula is C28H28N2O2. The van der Waals surface area contributed by atoms with Crippen molar-refractivity contribution in [1.29, 1.82) is 0 Å². The normalized spacial score (nSPS) is 14.3. The standard InChI is InChI=1S/C28H28N2O2/c1-20-6-4-8-22(11-10-20)28-18-25(17-24(19-31)23-9-5-7-21(2)16-23)29-30(28)26-12-14-27(32-3)15-13-26/h5-16,18-19,24H,4,17H2,1-3H3. The lowest BCUT2D eigenvalue weighted by Gasteiger charge is -2.10. The zero-order chi connectivity index (χ0) is 22.5. The molecule has 0 fully saturated rings. The smallest absolute Gasteiger partial charge is 0.127 e. The van der Waals surface area contributed by atoms with E-state index < -0.39 is 0 Å². The summed E-state index contributed by atoms with van der Waals surface area (Å²) in [6.45, 7) is 4.15. The number of rotatable bonds is 7. The van der Waals surface area contributed by atoms with E-state index in [4.69, 9.17) is 9.84 Å². The SMILES string of the molecule is COc1ccc(-n2nc(CC(C=O)c3cccc(C)c3)cc2C2=CCC=C(C)C=C2)cc1. The first-order valence-corrected chi connectivity index (χ1v) is 10.9. The number of aldehydes is 1. The summed E-state index contributed by atoms with van der Waals surface area (Å²) in [6, 6.07) is 18.1. The van der Waals surface area contributed by atoms with Gasteiger partial charge in [0.05, 0.1) is 24.2 Å². The van der Waals surface area contributed by atoms with Crippen molar-refractivity contribution >= 4 is 11.9 Å². The molecule has 0 saturated heterocycles. The maximum absolute atomic E-state index is 12.0. The Morgan fingerprint density at radius 2 is 1.88 bits per heavy atom. The number of benzene rings is 2. The number of hydrogen-bond acceptors (Lipinski definition) is 3. The average molecular weight is 425 g/mol. The van der Waals surface area contributed by atoms with Crippen LogP contribution in [0.5, 0.6) is 5.75 Å². The number of ether oxygens (including phenoxy) is 1. The van der Waals surface area contributed by atoms with Crippen LogP contribution < -0.4 is 4.74 Å². The van der Waals surface area contributed by atoms with Gasteiger partial charge >= 0.3 is 0 Å². The molecule has 0 saturated carbocycles. The number of aromatic nitrogens is 2. The lowest BCUT2D eigenvalue weighted by atomic mass is 9.94. The maximum atomic E-state index is 12.0. The van der Waals surface area contributed by atoms with Crippen LogP contribution in [0.3, 0.4) is 0 Å². The number of carbonyl (C=O) groups excluding carboxylic acids is 1. The summed E-state index contributed by atoms with van der Waals surface area (Å²) in [7, 11) is 1.66. The van der Waals surface area contributed by atoms with Crippen molar-refractivity contribution in [2.75, 3.05) is 7.11 Å². The maximum Gasteiger partial charge on any atom is 0.127 e. The molecule has 1 aliphatic rings. The second-order valence-corrected chi connectivity index (χ2v) is 8.17. The summed E-state index contributed by atoms with van der Waals surface area (Å²) in [5, 5.41) is 4.92. The fourth-order valence-electron chi connectivity index (χ4n) is 3.95. The zero-order valence-corrected chi connectivity index (χ0v) is 18.8. The summed E-state index contributed by atoms with van der Waals surface area (Å²) < 4.78 is 7.27. The molecule has 1 aromatic heterocycles. The Kier molecular flexibility index (Phi) is 6.50. The second kappa shape index (κ2) is 9.65. The molecule has 0 aliphatic heterocycles. The Bertz CT molecular complexity index is 1200. The third kappa shape index (κ3) is 4.80. The number of hydrogen-bond donors (Lipinski definition) is 0. The van der Waals surface area contributed by atoms with Gasteiger partial charge in [-0.2, -0.15) is 5.10 Å². The fourth-order valence-corrected chi connectivity index (χ4v) is 3.95. The van der Waals surface area contributed by atoms with Gasteiger partial charge in [-0.05, 0) is 61.7 Å². The van der Waals surface area contributed by atoms with E-state index in [0.717, 1.165) is 52.2 Å². The Morgan fingerprint density at radius 1 is 1.06 bits per heavy atom. The quantitative estimate of drug-likeness (QED) is 0.437. The molecule has 1 aliphatic carbocycles. The van der Waals surface area contributed by atoms with Crippen LogP contribution in [-0.4, -0.2) is 23.2 Å². The minimum atomic E-state index is -0.232. The highest BCUT2D eigenvalue weighted by Gasteiger charge is 2.18. The van der Waals surface area contributed by atoms with E-state index in [9.17, 15) is 4.79 Å². The number of aryl methyl sites for hydroxylation is 1. The molecule has 162 valence electrons. The minimum Gasteiger partial charge on any atom is -0.497 e. The topological polar surface area (TPSA) is 44.1 Å². The van der Waals surface area contributed by atoms with Crippen LogP contribution in [-0.2, 0) is 11.2 Å². The third-order valence-electron chi connectivity index (χ3n) is 5.74. The molecule has 0 spiro atoms. The molecule has 4 heteroatoms. The van der Waals surface area contributed by atoms with Gasteiger partial charge in [0.2, 0.25) is 0 Å². The van der Waals surface area contributed by atoms with Crippen molar-refractivity contribution in [2.24, 2.45) is 0 Å². The summed E-state index contributed by atoms with van der Waals surface area (Å²) >= 11 is 0. The van der Waals surface area contributed by atoms with E-state index in [1.54, 1.807) is 7.11 Å². The molecule has 2 aromatic carbocycles. The highest BCUT2D eigenvalue weighted by atomic mass is 16.5. The minimum absolute atomic E-state index is 0.232. The first-order valence-electron chi connectivity index (χ1n) is 10.9. The summed E-state index contributed by atoms with van der Waals surface area (Å²) in [5.41, 5.74) is 7.38. The second-order valence-electron chi connectivity index (χ2n) is 8.17.